The van der Waals surface area contributed by atoms with E-state index in [-0.39, 0.29) is 9.62 Å². The van der Waals surface area contributed by atoms with Crippen LogP contribution in [0.1, 0.15) is 31.4 Å². The predicted molar refractivity (Wildman–Crippen MR) is 115 cm³/mol. The van der Waals surface area contributed by atoms with Gasteiger partial charge in [0.1, 0.15) is 0 Å². The van der Waals surface area contributed by atoms with Gasteiger partial charge in [-0.2, -0.15) is 0 Å². The molecule has 25 heavy (non-hydrogen) atoms. The van der Waals surface area contributed by atoms with Crippen molar-refractivity contribution in [1.29, 1.82) is 0 Å². The van der Waals surface area contributed by atoms with Crippen molar-refractivity contribution in [3.63, 3.8) is 0 Å². The summed E-state index contributed by atoms with van der Waals surface area (Å²) in [6.07, 6.45) is 4.04. The van der Waals surface area contributed by atoms with Crippen molar-refractivity contribution in [2.45, 2.75) is 36.3 Å². The summed E-state index contributed by atoms with van der Waals surface area (Å²) in [5.41, 5.74) is 2.46. The highest BCUT2D eigenvalue weighted by Crippen LogP contribution is 2.55. The van der Waals surface area contributed by atoms with Crippen LogP contribution < -0.4 is 0 Å². The van der Waals surface area contributed by atoms with Crippen molar-refractivity contribution < 1.29 is 0 Å². The normalized spacial score (nSPS) is 21.8. The molecule has 0 N–H and O–H groups in total. The maximum Gasteiger partial charge on any atom is 0.0999 e. The summed E-state index contributed by atoms with van der Waals surface area (Å²) in [4.78, 5) is 5.15. The molecule has 0 aromatic heterocycles. The van der Waals surface area contributed by atoms with Crippen LogP contribution in [0.25, 0.3) is 0 Å². The number of nitrogens with zero attached hydrogens (tertiary/aromatic N) is 1. The first kappa shape index (κ1) is 18.3. The van der Waals surface area contributed by atoms with Crippen molar-refractivity contribution >= 4 is 28.6 Å². The zero-order valence-corrected chi connectivity index (χ0v) is 16.6. The van der Waals surface area contributed by atoms with Crippen molar-refractivity contribution in [2.24, 2.45) is 4.99 Å². The first-order chi connectivity index (χ1) is 12.1. The van der Waals surface area contributed by atoms with E-state index in [0.29, 0.717) is 0 Å². The van der Waals surface area contributed by atoms with Gasteiger partial charge in [-0.3, -0.25) is 4.99 Å². The van der Waals surface area contributed by atoms with Crippen molar-refractivity contribution in [2.75, 3.05) is 5.75 Å². The minimum absolute atomic E-state index is 0.00252. The quantitative estimate of drug-likeness (QED) is 0.426. The zero-order valence-electron chi connectivity index (χ0n) is 14.9. The minimum atomic E-state index is -0.134. The second-order valence-corrected chi connectivity index (χ2v) is 9.73. The summed E-state index contributed by atoms with van der Waals surface area (Å²) in [6.45, 7) is 8.44. The number of hydrogen-bond acceptors (Lipinski definition) is 3. The number of aliphatic imine (C=N–C) groups is 1. The monoisotopic (exact) mass is 367 g/mol. The van der Waals surface area contributed by atoms with Gasteiger partial charge < -0.3 is 0 Å². The van der Waals surface area contributed by atoms with Gasteiger partial charge in [0.05, 0.1) is 14.7 Å². The SMILES string of the molecule is C=CCCSC1(Cc2ccccc2)SC(c2ccccc2)=NC1(C)C. The van der Waals surface area contributed by atoms with Gasteiger partial charge in [-0.25, -0.2) is 0 Å². The molecule has 0 saturated carbocycles. The molecule has 0 radical (unpaired) electrons. The largest absolute Gasteiger partial charge is 0.269 e. The van der Waals surface area contributed by atoms with Gasteiger partial charge in [-0.1, -0.05) is 78.5 Å². The van der Waals surface area contributed by atoms with Gasteiger partial charge in [-0.05, 0) is 38.0 Å². The zero-order chi connectivity index (χ0) is 17.8. The Morgan fingerprint density at radius 3 is 2.32 bits per heavy atom. The van der Waals surface area contributed by atoms with E-state index in [1.165, 1.54) is 11.1 Å². The molecule has 3 heteroatoms. The summed E-state index contributed by atoms with van der Waals surface area (Å²) in [6, 6.07) is 21.4. The lowest BCUT2D eigenvalue weighted by atomic mass is 9.94. The van der Waals surface area contributed by atoms with Gasteiger partial charge in [-0.15, -0.1) is 18.3 Å². The van der Waals surface area contributed by atoms with E-state index in [9.17, 15) is 0 Å². The fourth-order valence-electron chi connectivity index (χ4n) is 3.03. The van der Waals surface area contributed by atoms with Crippen molar-refractivity contribution in [1.82, 2.24) is 0 Å². The van der Waals surface area contributed by atoms with E-state index in [2.05, 4.69) is 81.1 Å². The summed E-state index contributed by atoms with van der Waals surface area (Å²) in [7, 11) is 0. The molecule has 0 fully saturated rings. The average Bonchev–Trinajstić information content (AvgIpc) is 2.88. The Morgan fingerprint density at radius 1 is 1.04 bits per heavy atom. The highest BCUT2D eigenvalue weighted by atomic mass is 32.2. The molecule has 1 aliphatic rings. The number of benzene rings is 2. The molecule has 1 nitrogen and oxygen atoms in total. The number of thioether (sulfide) groups is 2. The molecule has 2 aromatic rings. The molecular formula is C22H25NS2. The van der Waals surface area contributed by atoms with Crippen LogP contribution in [-0.2, 0) is 6.42 Å². The summed E-state index contributed by atoms with van der Waals surface area (Å²) < 4.78 is 0.00252. The highest BCUT2D eigenvalue weighted by molar-refractivity contribution is 8.26. The Kier molecular flexibility index (Phi) is 5.75. The number of hydrogen-bond donors (Lipinski definition) is 0. The first-order valence-corrected chi connectivity index (χ1v) is 10.5. The third-order valence-corrected chi connectivity index (χ3v) is 8.18. The maximum absolute atomic E-state index is 5.15. The second kappa shape index (κ2) is 7.84. The Balaban J connectivity index is 1.92. The fourth-order valence-corrected chi connectivity index (χ4v) is 6.41. The molecule has 3 rings (SSSR count). The average molecular weight is 368 g/mol. The molecule has 1 unspecified atom stereocenters. The topological polar surface area (TPSA) is 12.4 Å². The third-order valence-electron chi connectivity index (χ3n) is 4.53. The Bertz CT molecular complexity index is 737. The van der Waals surface area contributed by atoms with E-state index in [4.69, 9.17) is 4.99 Å². The summed E-state index contributed by atoms with van der Waals surface area (Å²) in [5.74, 6) is 1.07. The molecule has 1 heterocycles. The lowest BCUT2D eigenvalue weighted by Crippen LogP contribution is -2.42. The lowest BCUT2D eigenvalue weighted by molar-refractivity contribution is 0.475. The maximum atomic E-state index is 5.15. The van der Waals surface area contributed by atoms with Crippen molar-refractivity contribution in [3.05, 3.63) is 84.4 Å². The molecule has 0 aliphatic carbocycles. The summed E-state index contributed by atoms with van der Waals surface area (Å²) in [5, 5.41) is 1.16. The fraction of sp³-hybridized carbons (Fsp3) is 0.318. The molecule has 0 amide bonds. The van der Waals surface area contributed by atoms with Crippen LogP contribution in [0.2, 0.25) is 0 Å². The van der Waals surface area contributed by atoms with Crippen LogP contribution in [0, 0.1) is 0 Å². The van der Waals surface area contributed by atoms with E-state index in [0.717, 1.165) is 23.6 Å². The van der Waals surface area contributed by atoms with Gasteiger partial charge in [0.2, 0.25) is 0 Å². The van der Waals surface area contributed by atoms with Crippen LogP contribution in [0.15, 0.2) is 78.3 Å². The predicted octanol–water partition coefficient (Wildman–Crippen LogP) is 6.21. The van der Waals surface area contributed by atoms with Gasteiger partial charge in [0.15, 0.2) is 0 Å². The van der Waals surface area contributed by atoms with Crippen LogP contribution in [0.3, 0.4) is 0 Å². The molecule has 2 aromatic carbocycles. The van der Waals surface area contributed by atoms with E-state index in [1.54, 1.807) is 0 Å². The standard InChI is InChI=1S/C22H25NS2/c1-4-5-16-24-22(17-18-12-8-6-9-13-18)21(2,3)23-20(25-22)19-14-10-7-11-15-19/h4,6-15H,1,5,16-17H2,2-3H3. The summed E-state index contributed by atoms with van der Waals surface area (Å²) >= 11 is 3.98. The lowest BCUT2D eigenvalue weighted by Gasteiger charge is -2.38. The third kappa shape index (κ3) is 4.04. The highest BCUT2D eigenvalue weighted by Gasteiger charge is 2.51. The van der Waals surface area contributed by atoms with Gasteiger partial charge in [0.25, 0.3) is 0 Å². The van der Waals surface area contributed by atoms with Gasteiger partial charge >= 0.3 is 0 Å². The molecule has 130 valence electrons. The molecule has 0 bridgehead atoms. The smallest absolute Gasteiger partial charge is 0.0999 e. The van der Waals surface area contributed by atoms with Crippen molar-refractivity contribution in [3.8, 4) is 0 Å². The van der Waals surface area contributed by atoms with Crippen LogP contribution in [-0.4, -0.2) is 20.4 Å². The Labute approximate surface area is 160 Å². The number of rotatable bonds is 7. The minimum Gasteiger partial charge on any atom is -0.269 e. The second-order valence-electron chi connectivity index (χ2n) is 6.79. The molecule has 0 spiro atoms. The molecule has 1 atom stereocenters. The van der Waals surface area contributed by atoms with Crippen LogP contribution in [0.4, 0.5) is 0 Å². The van der Waals surface area contributed by atoms with E-state index in [1.807, 2.05) is 29.6 Å². The van der Waals surface area contributed by atoms with Crippen LogP contribution in [0.5, 0.6) is 0 Å². The number of allylic oxidation sites excluding steroid dienone is 1. The van der Waals surface area contributed by atoms with E-state index < -0.39 is 0 Å². The molecule has 1 aliphatic heterocycles. The first-order valence-electron chi connectivity index (χ1n) is 8.69. The van der Waals surface area contributed by atoms with Crippen LogP contribution >= 0.6 is 23.5 Å². The Morgan fingerprint density at radius 2 is 1.68 bits per heavy atom. The molecular weight excluding hydrogens is 342 g/mol. The van der Waals surface area contributed by atoms with Gasteiger partial charge in [0, 0.05) is 5.56 Å². The Hall–Kier alpha value is -1.45. The molecule has 0 saturated heterocycles. The van der Waals surface area contributed by atoms with E-state index >= 15 is 0 Å².